The van der Waals surface area contributed by atoms with Crippen LogP contribution in [0, 0.1) is 6.92 Å². The largest absolute Gasteiger partial charge is 0.350 e. The molecule has 0 spiro atoms. The number of aryl methyl sites for hydroxylation is 1. The summed E-state index contributed by atoms with van der Waals surface area (Å²) in [5.41, 5.74) is 2.01. The Bertz CT molecular complexity index is 474. The minimum Gasteiger partial charge on any atom is -0.350 e. The third-order valence-corrected chi connectivity index (χ3v) is 4.84. The van der Waals surface area contributed by atoms with Crippen molar-refractivity contribution in [3.05, 3.63) is 35.4 Å². The average Bonchev–Trinajstić information content (AvgIpc) is 2.71. The first kappa shape index (κ1) is 16.0. The molecule has 1 aliphatic rings. The highest BCUT2D eigenvalue weighted by atomic mass is 16.1. The van der Waals surface area contributed by atoms with Crippen LogP contribution in [-0.4, -0.2) is 37.0 Å². The van der Waals surface area contributed by atoms with Crippen LogP contribution in [0.3, 0.4) is 0 Å². The number of hydrogen-bond acceptors (Lipinski definition) is 2. The van der Waals surface area contributed by atoms with E-state index in [4.69, 9.17) is 0 Å². The zero-order valence-corrected chi connectivity index (χ0v) is 13.6. The van der Waals surface area contributed by atoms with Crippen molar-refractivity contribution in [2.24, 2.45) is 0 Å². The van der Waals surface area contributed by atoms with Gasteiger partial charge in [-0.05, 0) is 46.0 Å². The van der Waals surface area contributed by atoms with Crippen molar-refractivity contribution in [2.75, 3.05) is 20.6 Å². The third-order valence-electron chi connectivity index (χ3n) is 4.84. The smallest absolute Gasteiger partial charge is 0.251 e. The summed E-state index contributed by atoms with van der Waals surface area (Å²) in [6.07, 6.45) is 7.52. The van der Waals surface area contributed by atoms with Gasteiger partial charge in [-0.3, -0.25) is 4.79 Å². The Morgan fingerprint density at radius 3 is 2.43 bits per heavy atom. The first-order valence-electron chi connectivity index (χ1n) is 8.06. The zero-order chi connectivity index (χ0) is 15.3. The molecule has 0 atom stereocenters. The van der Waals surface area contributed by atoms with Gasteiger partial charge in [-0.25, -0.2) is 0 Å². The summed E-state index contributed by atoms with van der Waals surface area (Å²) in [5, 5.41) is 3.17. The summed E-state index contributed by atoms with van der Waals surface area (Å²) >= 11 is 0. The van der Waals surface area contributed by atoms with Crippen LogP contribution in [-0.2, 0) is 0 Å². The maximum atomic E-state index is 12.4. The molecule has 3 nitrogen and oxygen atoms in total. The number of nitrogens with one attached hydrogen (secondary N) is 1. The van der Waals surface area contributed by atoms with Gasteiger partial charge >= 0.3 is 0 Å². The molecule has 21 heavy (non-hydrogen) atoms. The lowest BCUT2D eigenvalue weighted by atomic mass is 9.88. The second-order valence-electron chi connectivity index (χ2n) is 6.59. The highest BCUT2D eigenvalue weighted by Crippen LogP contribution is 2.30. The lowest BCUT2D eigenvalue weighted by Crippen LogP contribution is -2.52. The first-order valence-corrected chi connectivity index (χ1v) is 8.06. The van der Waals surface area contributed by atoms with Crippen LogP contribution in [0.5, 0.6) is 0 Å². The SMILES string of the molecule is Cc1cccc(C(=O)NCC2(N(C)C)CCCCCC2)c1. The molecular formula is C18H28N2O. The van der Waals surface area contributed by atoms with Gasteiger partial charge in [-0.1, -0.05) is 43.4 Å². The molecule has 1 aromatic rings. The van der Waals surface area contributed by atoms with Crippen molar-refractivity contribution >= 4 is 5.91 Å². The molecule has 2 rings (SSSR count). The molecule has 0 aliphatic heterocycles. The van der Waals surface area contributed by atoms with Gasteiger partial charge in [0, 0.05) is 17.6 Å². The fourth-order valence-electron chi connectivity index (χ4n) is 3.30. The fraction of sp³-hybridized carbons (Fsp3) is 0.611. The molecule has 1 aliphatic carbocycles. The van der Waals surface area contributed by atoms with Crippen LogP contribution in [0.15, 0.2) is 24.3 Å². The van der Waals surface area contributed by atoms with E-state index in [0.29, 0.717) is 0 Å². The van der Waals surface area contributed by atoms with Crippen LogP contribution < -0.4 is 5.32 Å². The molecule has 0 saturated heterocycles. The van der Waals surface area contributed by atoms with Crippen molar-refractivity contribution in [3.63, 3.8) is 0 Å². The lowest BCUT2D eigenvalue weighted by Gasteiger charge is -2.39. The van der Waals surface area contributed by atoms with Crippen molar-refractivity contribution in [1.82, 2.24) is 10.2 Å². The molecule has 0 unspecified atom stereocenters. The summed E-state index contributed by atoms with van der Waals surface area (Å²) in [6.45, 7) is 2.76. The quantitative estimate of drug-likeness (QED) is 0.861. The number of carbonyl (C=O) groups excluding carboxylic acids is 1. The van der Waals surface area contributed by atoms with Crippen LogP contribution in [0.1, 0.15) is 54.4 Å². The van der Waals surface area contributed by atoms with Gasteiger partial charge in [0.15, 0.2) is 0 Å². The van der Waals surface area contributed by atoms with Crippen LogP contribution in [0.4, 0.5) is 0 Å². The number of rotatable bonds is 4. The van der Waals surface area contributed by atoms with Gasteiger partial charge in [-0.15, -0.1) is 0 Å². The van der Waals surface area contributed by atoms with Gasteiger partial charge in [0.05, 0.1) is 0 Å². The van der Waals surface area contributed by atoms with Gasteiger partial charge in [-0.2, -0.15) is 0 Å². The Morgan fingerprint density at radius 2 is 1.86 bits per heavy atom. The molecule has 3 heteroatoms. The Hall–Kier alpha value is -1.35. The number of likely N-dealkylation sites (N-methyl/N-ethyl adjacent to an activating group) is 1. The number of benzene rings is 1. The number of hydrogen-bond donors (Lipinski definition) is 1. The van der Waals surface area contributed by atoms with E-state index in [2.05, 4.69) is 24.3 Å². The summed E-state index contributed by atoms with van der Waals surface area (Å²) in [6, 6.07) is 7.80. The second kappa shape index (κ2) is 7.08. The Labute approximate surface area is 128 Å². The number of amides is 1. The van der Waals surface area contributed by atoms with Gasteiger partial charge in [0.1, 0.15) is 0 Å². The summed E-state index contributed by atoms with van der Waals surface area (Å²) in [7, 11) is 4.29. The average molecular weight is 288 g/mol. The predicted molar refractivity (Wildman–Crippen MR) is 87.6 cm³/mol. The molecule has 0 aromatic heterocycles. The third kappa shape index (κ3) is 4.07. The van der Waals surface area contributed by atoms with E-state index >= 15 is 0 Å². The van der Waals surface area contributed by atoms with E-state index in [-0.39, 0.29) is 11.4 Å². The molecule has 1 saturated carbocycles. The highest BCUT2D eigenvalue weighted by Gasteiger charge is 2.33. The Kier molecular flexibility index (Phi) is 5.40. The summed E-state index contributed by atoms with van der Waals surface area (Å²) < 4.78 is 0. The molecule has 0 heterocycles. The first-order chi connectivity index (χ1) is 10.0. The molecule has 1 amide bonds. The van der Waals surface area contributed by atoms with Crippen molar-refractivity contribution in [1.29, 1.82) is 0 Å². The molecule has 0 bridgehead atoms. The van der Waals surface area contributed by atoms with E-state index in [0.717, 1.165) is 17.7 Å². The minimum absolute atomic E-state index is 0.0455. The molecule has 0 radical (unpaired) electrons. The molecule has 1 N–H and O–H groups in total. The van der Waals surface area contributed by atoms with E-state index in [9.17, 15) is 4.79 Å². The number of carbonyl (C=O) groups is 1. The molecule has 1 aromatic carbocycles. The van der Waals surface area contributed by atoms with E-state index < -0.39 is 0 Å². The monoisotopic (exact) mass is 288 g/mol. The van der Waals surface area contributed by atoms with E-state index in [1.807, 2.05) is 31.2 Å². The molecule has 116 valence electrons. The summed E-state index contributed by atoms with van der Waals surface area (Å²) in [5.74, 6) is 0.0455. The Balaban J connectivity index is 2.03. The lowest BCUT2D eigenvalue weighted by molar-refractivity contribution is 0.0869. The topological polar surface area (TPSA) is 32.3 Å². The Morgan fingerprint density at radius 1 is 1.19 bits per heavy atom. The number of nitrogens with zero attached hydrogens (tertiary/aromatic N) is 1. The van der Waals surface area contributed by atoms with Crippen molar-refractivity contribution < 1.29 is 4.79 Å². The van der Waals surface area contributed by atoms with Crippen LogP contribution in [0.2, 0.25) is 0 Å². The molecular weight excluding hydrogens is 260 g/mol. The van der Waals surface area contributed by atoms with E-state index in [1.165, 1.54) is 38.5 Å². The summed E-state index contributed by atoms with van der Waals surface area (Å²) in [4.78, 5) is 14.7. The van der Waals surface area contributed by atoms with Crippen LogP contribution >= 0.6 is 0 Å². The van der Waals surface area contributed by atoms with Crippen LogP contribution in [0.25, 0.3) is 0 Å². The maximum absolute atomic E-state index is 12.4. The van der Waals surface area contributed by atoms with Crippen molar-refractivity contribution in [2.45, 2.75) is 51.0 Å². The predicted octanol–water partition coefficient (Wildman–Crippen LogP) is 3.38. The van der Waals surface area contributed by atoms with Gasteiger partial charge in [0.2, 0.25) is 0 Å². The zero-order valence-electron chi connectivity index (χ0n) is 13.6. The minimum atomic E-state index is 0.0455. The second-order valence-corrected chi connectivity index (χ2v) is 6.59. The molecule has 1 fully saturated rings. The van der Waals surface area contributed by atoms with Gasteiger partial charge in [0.25, 0.3) is 5.91 Å². The standard InChI is InChI=1S/C18H28N2O/c1-15-9-8-10-16(13-15)17(21)19-14-18(20(2)3)11-6-4-5-7-12-18/h8-10,13H,4-7,11-12,14H2,1-3H3,(H,19,21). The fourth-order valence-corrected chi connectivity index (χ4v) is 3.30. The maximum Gasteiger partial charge on any atom is 0.251 e. The normalized spacial score (nSPS) is 18.3. The van der Waals surface area contributed by atoms with E-state index in [1.54, 1.807) is 0 Å². The highest BCUT2D eigenvalue weighted by molar-refractivity contribution is 5.94. The van der Waals surface area contributed by atoms with Crippen molar-refractivity contribution in [3.8, 4) is 0 Å². The van der Waals surface area contributed by atoms with Gasteiger partial charge < -0.3 is 10.2 Å².